The van der Waals surface area contributed by atoms with Gasteiger partial charge in [-0.3, -0.25) is 4.79 Å². The maximum absolute atomic E-state index is 13.0. The zero-order chi connectivity index (χ0) is 17.5. The van der Waals surface area contributed by atoms with Crippen molar-refractivity contribution >= 4 is 5.91 Å². The minimum atomic E-state index is -0.261. The second kappa shape index (κ2) is 8.82. The number of nitrogens with zero attached hydrogens (tertiary/aromatic N) is 1. The first-order valence-electron chi connectivity index (χ1n) is 9.24. The molecule has 0 N–H and O–H groups in total. The van der Waals surface area contributed by atoms with Crippen molar-refractivity contribution in [2.75, 3.05) is 6.61 Å². The molecule has 132 valence electrons. The van der Waals surface area contributed by atoms with Crippen LogP contribution in [0.25, 0.3) is 0 Å². The van der Waals surface area contributed by atoms with E-state index in [9.17, 15) is 4.79 Å². The van der Waals surface area contributed by atoms with Crippen LogP contribution in [0.4, 0.5) is 0 Å². The van der Waals surface area contributed by atoms with Gasteiger partial charge in [0.1, 0.15) is 6.10 Å². The van der Waals surface area contributed by atoms with Gasteiger partial charge in [0, 0.05) is 19.2 Å². The zero-order valence-corrected chi connectivity index (χ0v) is 14.9. The SMILES string of the molecule is C[C@@H](CCc1ccccc1)N(Cc1ccccc1)C(=O)[C@H]1CCCO1. The van der Waals surface area contributed by atoms with Crippen LogP contribution in [0.15, 0.2) is 60.7 Å². The highest BCUT2D eigenvalue weighted by atomic mass is 16.5. The molecule has 1 amide bonds. The molecule has 1 fully saturated rings. The molecule has 0 unspecified atom stereocenters. The Morgan fingerprint density at radius 2 is 1.72 bits per heavy atom. The van der Waals surface area contributed by atoms with Gasteiger partial charge in [0.05, 0.1) is 0 Å². The molecule has 2 atom stereocenters. The van der Waals surface area contributed by atoms with Crippen LogP contribution < -0.4 is 0 Å². The second-order valence-corrected chi connectivity index (χ2v) is 6.83. The Hall–Kier alpha value is -2.13. The van der Waals surface area contributed by atoms with Crippen molar-refractivity contribution in [2.24, 2.45) is 0 Å². The van der Waals surface area contributed by atoms with Crippen molar-refractivity contribution in [2.45, 2.75) is 51.3 Å². The van der Waals surface area contributed by atoms with Gasteiger partial charge in [-0.2, -0.15) is 0 Å². The molecule has 0 radical (unpaired) electrons. The fourth-order valence-electron chi connectivity index (χ4n) is 3.36. The normalized spacial score (nSPS) is 18.0. The van der Waals surface area contributed by atoms with Crippen molar-refractivity contribution in [1.82, 2.24) is 4.90 Å². The minimum absolute atomic E-state index is 0.141. The van der Waals surface area contributed by atoms with Crippen molar-refractivity contribution in [3.8, 4) is 0 Å². The number of amides is 1. The van der Waals surface area contributed by atoms with Gasteiger partial charge in [-0.05, 0) is 43.7 Å². The Balaban J connectivity index is 1.68. The van der Waals surface area contributed by atoms with Crippen LogP contribution in [-0.2, 0) is 22.5 Å². The summed E-state index contributed by atoms with van der Waals surface area (Å²) in [6.07, 6.45) is 3.49. The van der Waals surface area contributed by atoms with E-state index in [1.54, 1.807) is 0 Å². The third-order valence-corrected chi connectivity index (χ3v) is 4.91. The first kappa shape index (κ1) is 17.7. The van der Waals surface area contributed by atoms with Crippen LogP contribution in [-0.4, -0.2) is 29.6 Å². The Labute approximate surface area is 150 Å². The summed E-state index contributed by atoms with van der Waals surface area (Å²) < 4.78 is 5.66. The monoisotopic (exact) mass is 337 g/mol. The third-order valence-electron chi connectivity index (χ3n) is 4.91. The molecular weight excluding hydrogens is 310 g/mol. The summed E-state index contributed by atoms with van der Waals surface area (Å²) in [4.78, 5) is 15.0. The lowest BCUT2D eigenvalue weighted by molar-refractivity contribution is -0.143. The van der Waals surface area contributed by atoms with Gasteiger partial charge in [0.25, 0.3) is 5.91 Å². The average Bonchev–Trinajstić information content (AvgIpc) is 3.20. The van der Waals surface area contributed by atoms with Gasteiger partial charge in [0.15, 0.2) is 0 Å². The highest BCUT2D eigenvalue weighted by molar-refractivity contribution is 5.81. The molecular formula is C22H27NO2. The van der Waals surface area contributed by atoms with Crippen molar-refractivity contribution in [1.29, 1.82) is 0 Å². The number of aryl methyl sites for hydroxylation is 1. The lowest BCUT2D eigenvalue weighted by Crippen LogP contribution is -2.44. The van der Waals surface area contributed by atoms with Crippen molar-refractivity contribution in [3.63, 3.8) is 0 Å². The molecule has 3 rings (SSSR count). The number of carbonyl (C=O) groups is 1. The van der Waals surface area contributed by atoms with Gasteiger partial charge in [-0.25, -0.2) is 0 Å². The minimum Gasteiger partial charge on any atom is -0.368 e. The van der Waals surface area contributed by atoms with Gasteiger partial charge in [0.2, 0.25) is 0 Å². The van der Waals surface area contributed by atoms with Crippen LogP contribution in [0.2, 0.25) is 0 Å². The fourth-order valence-corrected chi connectivity index (χ4v) is 3.36. The predicted octanol–water partition coefficient (Wildman–Crippen LogP) is 4.22. The molecule has 0 aromatic heterocycles. The average molecular weight is 337 g/mol. The van der Waals surface area contributed by atoms with Crippen LogP contribution in [0.3, 0.4) is 0 Å². The number of hydrogen-bond acceptors (Lipinski definition) is 2. The number of hydrogen-bond donors (Lipinski definition) is 0. The van der Waals surface area contributed by atoms with E-state index in [-0.39, 0.29) is 18.1 Å². The van der Waals surface area contributed by atoms with Crippen LogP contribution in [0.5, 0.6) is 0 Å². The van der Waals surface area contributed by atoms with E-state index in [0.717, 1.165) is 25.7 Å². The number of carbonyl (C=O) groups excluding carboxylic acids is 1. The summed E-state index contributed by atoms with van der Waals surface area (Å²) in [7, 11) is 0. The van der Waals surface area contributed by atoms with Crippen LogP contribution in [0.1, 0.15) is 37.3 Å². The summed E-state index contributed by atoms with van der Waals surface area (Å²) in [6, 6.07) is 20.9. The highest BCUT2D eigenvalue weighted by Crippen LogP contribution is 2.20. The molecule has 25 heavy (non-hydrogen) atoms. The summed E-state index contributed by atoms with van der Waals surface area (Å²) in [5.74, 6) is 0.141. The molecule has 3 nitrogen and oxygen atoms in total. The van der Waals surface area contributed by atoms with Gasteiger partial charge < -0.3 is 9.64 Å². The summed E-state index contributed by atoms with van der Waals surface area (Å²) in [6.45, 7) is 3.50. The highest BCUT2D eigenvalue weighted by Gasteiger charge is 2.30. The summed E-state index contributed by atoms with van der Waals surface area (Å²) >= 11 is 0. The van der Waals surface area contributed by atoms with E-state index in [1.807, 2.05) is 29.2 Å². The molecule has 0 spiro atoms. The zero-order valence-electron chi connectivity index (χ0n) is 14.9. The molecule has 1 aliphatic rings. The lowest BCUT2D eigenvalue weighted by Gasteiger charge is -2.31. The molecule has 0 bridgehead atoms. The lowest BCUT2D eigenvalue weighted by atomic mass is 10.0. The maximum atomic E-state index is 13.0. The number of ether oxygens (including phenoxy) is 1. The van der Waals surface area contributed by atoms with E-state index < -0.39 is 0 Å². The third kappa shape index (κ3) is 4.93. The molecule has 2 aromatic carbocycles. The van der Waals surface area contributed by atoms with E-state index in [2.05, 4.69) is 43.3 Å². The molecule has 0 aliphatic carbocycles. The van der Waals surface area contributed by atoms with Crippen LogP contribution >= 0.6 is 0 Å². The van der Waals surface area contributed by atoms with Gasteiger partial charge in [-0.1, -0.05) is 60.7 Å². The Bertz CT molecular complexity index is 650. The summed E-state index contributed by atoms with van der Waals surface area (Å²) in [5, 5.41) is 0. The smallest absolute Gasteiger partial charge is 0.252 e. The molecule has 1 aliphatic heterocycles. The van der Waals surface area contributed by atoms with Gasteiger partial charge >= 0.3 is 0 Å². The Morgan fingerprint density at radius 1 is 1.08 bits per heavy atom. The molecule has 3 heteroatoms. The quantitative estimate of drug-likeness (QED) is 0.757. The second-order valence-electron chi connectivity index (χ2n) is 6.83. The summed E-state index contributed by atoms with van der Waals surface area (Å²) in [5.41, 5.74) is 2.49. The van der Waals surface area contributed by atoms with E-state index in [4.69, 9.17) is 4.74 Å². The maximum Gasteiger partial charge on any atom is 0.252 e. The van der Waals surface area contributed by atoms with Crippen molar-refractivity contribution in [3.05, 3.63) is 71.8 Å². The predicted molar refractivity (Wildman–Crippen MR) is 100 cm³/mol. The van der Waals surface area contributed by atoms with Gasteiger partial charge in [-0.15, -0.1) is 0 Å². The topological polar surface area (TPSA) is 29.5 Å². The van der Waals surface area contributed by atoms with E-state index >= 15 is 0 Å². The van der Waals surface area contributed by atoms with Crippen molar-refractivity contribution < 1.29 is 9.53 Å². The van der Waals surface area contributed by atoms with E-state index in [1.165, 1.54) is 11.1 Å². The van der Waals surface area contributed by atoms with E-state index in [0.29, 0.717) is 13.2 Å². The first-order chi connectivity index (χ1) is 12.2. The first-order valence-corrected chi connectivity index (χ1v) is 9.24. The Kier molecular flexibility index (Phi) is 6.24. The van der Waals surface area contributed by atoms with Crippen LogP contribution in [0, 0.1) is 0 Å². The standard InChI is InChI=1S/C22H27NO2/c1-18(14-15-19-9-4-2-5-10-19)23(17-20-11-6-3-7-12-20)22(24)21-13-8-16-25-21/h2-7,9-12,18,21H,8,13-17H2,1H3/t18-,21+/m0/s1. The fraction of sp³-hybridized carbons (Fsp3) is 0.409. The number of rotatable bonds is 7. The Morgan fingerprint density at radius 3 is 2.32 bits per heavy atom. The molecule has 0 saturated carbocycles. The molecule has 1 saturated heterocycles. The molecule has 1 heterocycles. The largest absolute Gasteiger partial charge is 0.368 e. The molecule has 2 aromatic rings. The number of benzene rings is 2.